The van der Waals surface area contributed by atoms with Crippen molar-refractivity contribution in [1.82, 2.24) is 0 Å². The van der Waals surface area contributed by atoms with Gasteiger partial charge in [-0.2, -0.15) is 12.6 Å². The van der Waals surface area contributed by atoms with E-state index in [1.807, 2.05) is 0 Å². The lowest BCUT2D eigenvalue weighted by Crippen LogP contribution is -2.34. The standard InChI is InChI=1S/C14H18N2O3S/c1-9(2)11(8-20)7-15-13-4-3-12(16(18)19)5-10(13)6-14(15)17/h3-5,9,11,20H,6-8H2,1-2H3. The lowest BCUT2D eigenvalue weighted by atomic mass is 9.97. The third-order valence-electron chi connectivity index (χ3n) is 3.80. The Morgan fingerprint density at radius 1 is 1.45 bits per heavy atom. The molecule has 6 heteroatoms. The van der Waals surface area contributed by atoms with Crippen molar-refractivity contribution in [3.8, 4) is 0 Å². The van der Waals surface area contributed by atoms with Gasteiger partial charge in [0, 0.05) is 24.4 Å². The maximum absolute atomic E-state index is 12.1. The van der Waals surface area contributed by atoms with Crippen LogP contribution < -0.4 is 4.90 Å². The molecule has 1 atom stereocenters. The Morgan fingerprint density at radius 2 is 2.15 bits per heavy atom. The zero-order chi connectivity index (χ0) is 14.9. The number of rotatable bonds is 5. The zero-order valence-corrected chi connectivity index (χ0v) is 12.5. The van der Waals surface area contributed by atoms with Gasteiger partial charge in [-0.15, -0.1) is 0 Å². The normalized spacial score (nSPS) is 15.6. The number of non-ortho nitro benzene ring substituents is 1. The number of nitro benzene ring substituents is 1. The average Bonchev–Trinajstić information content (AvgIpc) is 2.70. The van der Waals surface area contributed by atoms with Gasteiger partial charge in [0.2, 0.25) is 5.91 Å². The number of nitrogens with zero attached hydrogens (tertiary/aromatic N) is 2. The third-order valence-corrected chi connectivity index (χ3v) is 4.27. The topological polar surface area (TPSA) is 63.5 Å². The summed E-state index contributed by atoms with van der Waals surface area (Å²) < 4.78 is 0. The zero-order valence-electron chi connectivity index (χ0n) is 11.6. The molecule has 1 aliphatic heterocycles. The molecule has 0 saturated heterocycles. The van der Waals surface area contributed by atoms with E-state index in [-0.39, 0.29) is 18.0 Å². The first-order valence-corrected chi connectivity index (χ1v) is 7.25. The Labute approximate surface area is 123 Å². The van der Waals surface area contributed by atoms with Gasteiger partial charge >= 0.3 is 0 Å². The summed E-state index contributed by atoms with van der Waals surface area (Å²) in [5.74, 6) is 1.46. The van der Waals surface area contributed by atoms with Crippen molar-refractivity contribution in [2.75, 3.05) is 17.2 Å². The van der Waals surface area contributed by atoms with Crippen LogP contribution in [-0.2, 0) is 11.2 Å². The molecule has 2 rings (SSSR count). The van der Waals surface area contributed by atoms with E-state index in [0.717, 1.165) is 11.3 Å². The molecule has 108 valence electrons. The third kappa shape index (κ3) is 2.80. The molecule has 0 aromatic heterocycles. The Bertz CT molecular complexity index is 545. The quantitative estimate of drug-likeness (QED) is 0.516. The van der Waals surface area contributed by atoms with Gasteiger partial charge in [0.15, 0.2) is 0 Å². The van der Waals surface area contributed by atoms with Gasteiger partial charge in [0.25, 0.3) is 5.69 Å². The predicted molar refractivity (Wildman–Crippen MR) is 81.3 cm³/mol. The molecule has 5 nitrogen and oxygen atoms in total. The minimum atomic E-state index is -0.432. The largest absolute Gasteiger partial charge is 0.312 e. The lowest BCUT2D eigenvalue weighted by Gasteiger charge is -2.26. The molecule has 0 radical (unpaired) electrons. The molecular formula is C14H18N2O3S. The summed E-state index contributed by atoms with van der Waals surface area (Å²) in [7, 11) is 0. The Kier molecular flexibility index (Phi) is 4.32. The number of fused-ring (bicyclic) bond motifs is 1. The van der Waals surface area contributed by atoms with Crippen molar-refractivity contribution >= 4 is 29.9 Å². The van der Waals surface area contributed by atoms with Gasteiger partial charge < -0.3 is 4.90 Å². The van der Waals surface area contributed by atoms with Crippen LogP contribution in [0.2, 0.25) is 0 Å². The van der Waals surface area contributed by atoms with Crippen LogP contribution in [0.3, 0.4) is 0 Å². The molecule has 20 heavy (non-hydrogen) atoms. The highest BCUT2D eigenvalue weighted by molar-refractivity contribution is 7.80. The number of hydrogen-bond donors (Lipinski definition) is 1. The molecule has 1 heterocycles. The maximum Gasteiger partial charge on any atom is 0.269 e. The van der Waals surface area contributed by atoms with E-state index < -0.39 is 4.92 Å². The van der Waals surface area contributed by atoms with Gasteiger partial charge in [-0.1, -0.05) is 13.8 Å². The van der Waals surface area contributed by atoms with E-state index >= 15 is 0 Å². The van der Waals surface area contributed by atoms with Gasteiger partial charge in [0.1, 0.15) is 0 Å². The lowest BCUT2D eigenvalue weighted by molar-refractivity contribution is -0.384. The average molecular weight is 294 g/mol. The summed E-state index contributed by atoms with van der Waals surface area (Å²) in [4.78, 5) is 24.2. The molecule has 0 spiro atoms. The highest BCUT2D eigenvalue weighted by Gasteiger charge is 2.30. The van der Waals surface area contributed by atoms with Gasteiger partial charge in [-0.25, -0.2) is 0 Å². The number of carbonyl (C=O) groups is 1. The fourth-order valence-corrected chi connectivity index (χ4v) is 2.93. The summed E-state index contributed by atoms with van der Waals surface area (Å²) in [6.07, 6.45) is 0.244. The van der Waals surface area contributed by atoms with Crippen LogP contribution in [0.4, 0.5) is 11.4 Å². The molecule has 1 amide bonds. The first-order chi connectivity index (χ1) is 9.43. The van der Waals surface area contributed by atoms with Gasteiger partial charge in [-0.05, 0) is 29.2 Å². The van der Waals surface area contributed by atoms with Crippen molar-refractivity contribution < 1.29 is 9.72 Å². The van der Waals surface area contributed by atoms with Crippen LogP contribution in [0.15, 0.2) is 18.2 Å². The number of thiol groups is 1. The van der Waals surface area contributed by atoms with E-state index in [0.29, 0.717) is 24.1 Å². The summed E-state index contributed by atoms with van der Waals surface area (Å²) in [5, 5.41) is 10.8. The number of amides is 1. The SMILES string of the molecule is CC(C)C(CS)CN1C(=O)Cc2cc([N+](=O)[O-])ccc21. The van der Waals surface area contributed by atoms with E-state index in [4.69, 9.17) is 0 Å². The van der Waals surface area contributed by atoms with Crippen molar-refractivity contribution in [1.29, 1.82) is 0 Å². The number of nitro groups is 1. The minimum Gasteiger partial charge on any atom is -0.312 e. The number of anilines is 1. The van der Waals surface area contributed by atoms with E-state index in [1.165, 1.54) is 12.1 Å². The molecule has 0 fully saturated rings. The van der Waals surface area contributed by atoms with Crippen LogP contribution in [-0.4, -0.2) is 23.1 Å². The highest BCUT2D eigenvalue weighted by atomic mass is 32.1. The summed E-state index contributed by atoms with van der Waals surface area (Å²) in [5.41, 5.74) is 1.58. The minimum absolute atomic E-state index is 0.00734. The molecule has 1 aliphatic rings. The first kappa shape index (κ1) is 14.8. The van der Waals surface area contributed by atoms with Crippen molar-refractivity contribution in [2.45, 2.75) is 20.3 Å². The van der Waals surface area contributed by atoms with Crippen LogP contribution >= 0.6 is 12.6 Å². The fourth-order valence-electron chi connectivity index (χ4n) is 2.40. The first-order valence-electron chi connectivity index (χ1n) is 6.62. The number of benzene rings is 1. The smallest absolute Gasteiger partial charge is 0.269 e. The molecule has 1 aromatic rings. The Morgan fingerprint density at radius 3 is 2.70 bits per heavy atom. The second kappa shape index (κ2) is 5.83. The maximum atomic E-state index is 12.1. The molecule has 1 aromatic carbocycles. The summed E-state index contributed by atoms with van der Waals surface area (Å²) in [6, 6.07) is 4.63. The van der Waals surface area contributed by atoms with Crippen molar-refractivity contribution in [3.63, 3.8) is 0 Å². The molecule has 0 bridgehead atoms. The number of carbonyl (C=O) groups excluding carboxylic acids is 1. The van der Waals surface area contributed by atoms with Crippen LogP contribution in [0.1, 0.15) is 19.4 Å². The second-order valence-electron chi connectivity index (χ2n) is 5.44. The van der Waals surface area contributed by atoms with E-state index in [2.05, 4.69) is 26.5 Å². The number of hydrogen-bond acceptors (Lipinski definition) is 4. The van der Waals surface area contributed by atoms with Crippen molar-refractivity contribution in [2.24, 2.45) is 11.8 Å². The van der Waals surface area contributed by atoms with E-state index in [9.17, 15) is 14.9 Å². The molecule has 0 N–H and O–H groups in total. The highest BCUT2D eigenvalue weighted by Crippen LogP contribution is 2.33. The predicted octanol–water partition coefficient (Wildman–Crippen LogP) is 2.69. The summed E-state index contributed by atoms with van der Waals surface area (Å²) >= 11 is 4.34. The second-order valence-corrected chi connectivity index (χ2v) is 5.80. The van der Waals surface area contributed by atoms with Crippen LogP contribution in [0, 0.1) is 22.0 Å². The Balaban J connectivity index is 2.26. The Hall–Kier alpha value is -1.56. The molecular weight excluding hydrogens is 276 g/mol. The van der Waals surface area contributed by atoms with Crippen molar-refractivity contribution in [3.05, 3.63) is 33.9 Å². The van der Waals surface area contributed by atoms with Gasteiger partial charge in [0.05, 0.1) is 11.3 Å². The van der Waals surface area contributed by atoms with Gasteiger partial charge in [-0.3, -0.25) is 14.9 Å². The molecule has 0 aliphatic carbocycles. The fraction of sp³-hybridized carbons (Fsp3) is 0.500. The molecule has 1 unspecified atom stereocenters. The van der Waals surface area contributed by atoms with Crippen LogP contribution in [0.5, 0.6) is 0 Å². The molecule has 0 saturated carbocycles. The monoisotopic (exact) mass is 294 g/mol. The van der Waals surface area contributed by atoms with Crippen LogP contribution in [0.25, 0.3) is 0 Å². The summed E-state index contributed by atoms with van der Waals surface area (Å²) in [6.45, 7) is 4.83. The van der Waals surface area contributed by atoms with E-state index in [1.54, 1.807) is 11.0 Å².